The minimum atomic E-state index is -3.95. The molecule has 5 nitrogen and oxygen atoms in total. The van der Waals surface area contributed by atoms with Crippen molar-refractivity contribution in [2.24, 2.45) is 0 Å². The molecule has 0 fully saturated rings. The maximum atomic E-state index is 12.1. The molecule has 0 aliphatic carbocycles. The van der Waals surface area contributed by atoms with Gasteiger partial charge in [0.25, 0.3) is 10.1 Å². The molecule has 1 unspecified atom stereocenters. The first-order valence-electron chi connectivity index (χ1n) is 5.70. The van der Waals surface area contributed by atoms with Crippen molar-refractivity contribution in [2.75, 3.05) is 19.1 Å². The van der Waals surface area contributed by atoms with E-state index in [0.29, 0.717) is 5.02 Å². The zero-order valence-electron chi connectivity index (χ0n) is 10.7. The summed E-state index contributed by atoms with van der Waals surface area (Å²) in [5.74, 6) is 0. The van der Waals surface area contributed by atoms with E-state index in [1.807, 2.05) is 0 Å². The fourth-order valence-corrected chi connectivity index (χ4v) is 4.11. The van der Waals surface area contributed by atoms with Gasteiger partial charge in [-0.1, -0.05) is 18.5 Å². The van der Waals surface area contributed by atoms with Crippen LogP contribution in [0.5, 0.6) is 0 Å². The molecule has 0 heterocycles. The molecule has 19 heavy (non-hydrogen) atoms. The number of hydrogen-bond acceptors (Lipinski definition) is 5. The van der Waals surface area contributed by atoms with Gasteiger partial charge in [-0.3, -0.25) is 8.75 Å². The summed E-state index contributed by atoms with van der Waals surface area (Å²) in [6.45, 7) is 3.60. The third-order valence-corrected chi connectivity index (χ3v) is 6.27. The van der Waals surface area contributed by atoms with E-state index >= 15 is 0 Å². The summed E-state index contributed by atoms with van der Waals surface area (Å²) in [6.07, 6.45) is -0.237. The SMILES string of the molecule is CCOP(=O)(CC)COS(=O)(=O)c1ccc(Cl)cc1. The van der Waals surface area contributed by atoms with E-state index in [4.69, 9.17) is 20.3 Å². The first kappa shape index (κ1) is 16.7. The van der Waals surface area contributed by atoms with Crippen LogP contribution in [0.4, 0.5) is 0 Å². The largest absolute Gasteiger partial charge is 0.327 e. The molecule has 0 aliphatic heterocycles. The zero-order chi connectivity index (χ0) is 14.5. The van der Waals surface area contributed by atoms with Gasteiger partial charge in [0.1, 0.15) is 6.35 Å². The van der Waals surface area contributed by atoms with Crippen molar-refractivity contribution in [1.82, 2.24) is 0 Å². The third kappa shape index (κ3) is 4.89. The van der Waals surface area contributed by atoms with Gasteiger partial charge in [0.2, 0.25) is 7.37 Å². The highest BCUT2D eigenvalue weighted by atomic mass is 35.5. The van der Waals surface area contributed by atoms with Gasteiger partial charge < -0.3 is 4.52 Å². The van der Waals surface area contributed by atoms with Crippen LogP contribution in [0.2, 0.25) is 5.02 Å². The van der Waals surface area contributed by atoms with Crippen molar-refractivity contribution in [2.45, 2.75) is 18.7 Å². The second-order valence-electron chi connectivity index (χ2n) is 3.70. The molecule has 108 valence electrons. The second kappa shape index (κ2) is 6.86. The van der Waals surface area contributed by atoms with Crippen molar-refractivity contribution >= 4 is 29.1 Å². The first-order chi connectivity index (χ1) is 8.83. The number of halogens is 1. The molecule has 1 aromatic carbocycles. The van der Waals surface area contributed by atoms with Gasteiger partial charge >= 0.3 is 0 Å². The second-order valence-corrected chi connectivity index (χ2v) is 8.53. The molecule has 0 amide bonds. The van der Waals surface area contributed by atoms with Crippen LogP contribution >= 0.6 is 19.0 Å². The number of benzene rings is 1. The lowest BCUT2D eigenvalue weighted by atomic mass is 10.4. The highest BCUT2D eigenvalue weighted by Gasteiger charge is 2.25. The van der Waals surface area contributed by atoms with Crippen LogP contribution in [-0.2, 0) is 23.4 Å². The summed E-state index contributed by atoms with van der Waals surface area (Å²) in [4.78, 5) is -0.0314. The maximum Gasteiger partial charge on any atom is 0.297 e. The molecule has 0 bridgehead atoms. The normalized spacial score (nSPS) is 15.1. The zero-order valence-corrected chi connectivity index (χ0v) is 13.2. The number of hydrogen-bond donors (Lipinski definition) is 0. The van der Waals surface area contributed by atoms with Crippen LogP contribution in [0.3, 0.4) is 0 Å². The Labute approximate surface area is 118 Å². The van der Waals surface area contributed by atoms with Crippen LogP contribution in [0, 0.1) is 0 Å². The summed E-state index contributed by atoms with van der Waals surface area (Å²) < 4.78 is 45.7. The van der Waals surface area contributed by atoms with Gasteiger partial charge in [-0.05, 0) is 31.2 Å². The van der Waals surface area contributed by atoms with E-state index in [1.54, 1.807) is 13.8 Å². The Morgan fingerprint density at radius 1 is 1.21 bits per heavy atom. The summed E-state index contributed by atoms with van der Waals surface area (Å²) in [7, 11) is -7.00. The predicted octanol–water partition coefficient (Wildman–Crippen LogP) is 3.34. The monoisotopic (exact) mass is 326 g/mol. The van der Waals surface area contributed by atoms with Crippen molar-refractivity contribution in [3.8, 4) is 0 Å². The Kier molecular flexibility index (Phi) is 6.02. The highest BCUT2D eigenvalue weighted by Crippen LogP contribution is 2.46. The van der Waals surface area contributed by atoms with Crippen LogP contribution < -0.4 is 0 Å². The Bertz CT molecular complexity index is 555. The lowest BCUT2D eigenvalue weighted by Crippen LogP contribution is -2.10. The Morgan fingerprint density at radius 2 is 1.79 bits per heavy atom. The van der Waals surface area contributed by atoms with E-state index in [9.17, 15) is 13.0 Å². The molecule has 1 aromatic rings. The maximum absolute atomic E-state index is 12.1. The minimum absolute atomic E-state index is 0.0314. The molecule has 0 radical (unpaired) electrons. The smallest absolute Gasteiger partial charge is 0.297 e. The Balaban J connectivity index is 2.81. The molecule has 0 N–H and O–H groups in total. The van der Waals surface area contributed by atoms with Crippen LogP contribution in [-0.4, -0.2) is 27.5 Å². The highest BCUT2D eigenvalue weighted by molar-refractivity contribution is 7.87. The van der Waals surface area contributed by atoms with Gasteiger partial charge in [-0.2, -0.15) is 8.42 Å². The molecule has 0 saturated carbocycles. The van der Waals surface area contributed by atoms with Crippen molar-refractivity contribution < 1.29 is 21.7 Å². The summed E-state index contributed by atoms with van der Waals surface area (Å²) in [5, 5.41) is 0.424. The lowest BCUT2D eigenvalue weighted by molar-refractivity contribution is 0.294. The van der Waals surface area contributed by atoms with Gasteiger partial charge in [0.05, 0.1) is 11.5 Å². The van der Waals surface area contributed by atoms with E-state index < -0.39 is 23.8 Å². The van der Waals surface area contributed by atoms with Gasteiger partial charge in [0, 0.05) is 11.2 Å². The third-order valence-electron chi connectivity index (χ3n) is 2.35. The van der Waals surface area contributed by atoms with Gasteiger partial charge in [0.15, 0.2) is 0 Å². The van der Waals surface area contributed by atoms with Gasteiger partial charge in [-0.15, -0.1) is 0 Å². The minimum Gasteiger partial charge on any atom is -0.327 e. The quantitative estimate of drug-likeness (QED) is 0.567. The Morgan fingerprint density at radius 3 is 2.26 bits per heavy atom. The van der Waals surface area contributed by atoms with Crippen molar-refractivity contribution in [3.05, 3.63) is 29.3 Å². The number of rotatable bonds is 7. The standard InChI is InChI=1S/C11H16ClO5PS/c1-3-16-18(13,4-2)9-17-19(14,15)11-7-5-10(12)6-8-11/h5-8H,3-4,9H2,1-2H3. The van der Waals surface area contributed by atoms with E-state index in [0.717, 1.165) is 0 Å². The molecule has 0 aromatic heterocycles. The molecular formula is C11H16ClO5PS. The van der Waals surface area contributed by atoms with E-state index in [-0.39, 0.29) is 17.7 Å². The van der Waals surface area contributed by atoms with Crippen molar-refractivity contribution in [3.63, 3.8) is 0 Å². The average molecular weight is 327 g/mol. The van der Waals surface area contributed by atoms with Crippen LogP contribution in [0.25, 0.3) is 0 Å². The van der Waals surface area contributed by atoms with Gasteiger partial charge in [-0.25, -0.2) is 0 Å². The molecule has 0 saturated heterocycles. The van der Waals surface area contributed by atoms with E-state index in [2.05, 4.69) is 0 Å². The fourth-order valence-electron chi connectivity index (χ4n) is 1.27. The molecule has 0 aliphatic rings. The lowest BCUT2D eigenvalue weighted by Gasteiger charge is -2.15. The molecule has 0 spiro atoms. The molecule has 1 atom stereocenters. The summed E-state index contributed by atoms with van der Waals surface area (Å²) in [5.41, 5.74) is 0. The summed E-state index contributed by atoms with van der Waals surface area (Å²) in [6, 6.07) is 5.55. The first-order valence-corrected chi connectivity index (χ1v) is 9.49. The molecular weight excluding hydrogens is 311 g/mol. The van der Waals surface area contributed by atoms with Crippen LogP contribution in [0.1, 0.15) is 13.8 Å². The van der Waals surface area contributed by atoms with Crippen molar-refractivity contribution in [1.29, 1.82) is 0 Å². The van der Waals surface area contributed by atoms with Crippen LogP contribution in [0.15, 0.2) is 29.2 Å². The molecule has 8 heteroatoms. The average Bonchev–Trinajstić information content (AvgIpc) is 2.37. The van der Waals surface area contributed by atoms with E-state index in [1.165, 1.54) is 24.3 Å². The predicted molar refractivity (Wildman–Crippen MR) is 74.4 cm³/mol. The Hall–Kier alpha value is -0.390. The molecule has 1 rings (SSSR count). The summed E-state index contributed by atoms with van der Waals surface area (Å²) >= 11 is 5.67. The topological polar surface area (TPSA) is 69.7 Å². The fraction of sp³-hybridized carbons (Fsp3) is 0.455.